The molecule has 0 radical (unpaired) electrons. The summed E-state index contributed by atoms with van der Waals surface area (Å²) in [7, 11) is -4.14. The Morgan fingerprint density at radius 2 is 1.86 bits per heavy atom. The molecular formula is C8H17NaO4S. The van der Waals surface area contributed by atoms with Crippen LogP contribution in [0.5, 0.6) is 0 Å². The van der Waals surface area contributed by atoms with E-state index in [4.69, 9.17) is 5.11 Å². The van der Waals surface area contributed by atoms with Crippen molar-refractivity contribution in [3.8, 4) is 0 Å². The van der Waals surface area contributed by atoms with Crippen LogP contribution in [0.3, 0.4) is 0 Å². The Balaban J connectivity index is 0. The third kappa shape index (κ3) is 8.20. The van der Waals surface area contributed by atoms with E-state index >= 15 is 0 Å². The maximum absolute atomic E-state index is 10.7. The molecule has 0 aromatic rings. The predicted octanol–water partition coefficient (Wildman–Crippen LogP) is -2.13. The van der Waals surface area contributed by atoms with Gasteiger partial charge in [-0.3, -0.25) is 0 Å². The van der Waals surface area contributed by atoms with Gasteiger partial charge in [0.05, 0.1) is 10.1 Å². The second-order valence-corrected chi connectivity index (χ2v) is 4.78. The van der Waals surface area contributed by atoms with Crippen LogP contribution in [-0.2, 0) is 10.1 Å². The van der Waals surface area contributed by atoms with Crippen LogP contribution in [-0.4, -0.2) is 29.9 Å². The van der Waals surface area contributed by atoms with Crippen molar-refractivity contribution >= 4 is 10.1 Å². The van der Waals surface area contributed by atoms with Crippen molar-refractivity contribution in [2.45, 2.75) is 44.3 Å². The van der Waals surface area contributed by atoms with Gasteiger partial charge in [0.25, 0.3) is 0 Å². The minimum absolute atomic E-state index is 0. The maximum atomic E-state index is 10.7. The van der Waals surface area contributed by atoms with Gasteiger partial charge in [0, 0.05) is 11.9 Å². The molecule has 0 aliphatic heterocycles. The molecule has 14 heavy (non-hydrogen) atoms. The van der Waals surface area contributed by atoms with Gasteiger partial charge in [0.2, 0.25) is 0 Å². The molecule has 1 unspecified atom stereocenters. The fourth-order valence-electron chi connectivity index (χ4n) is 1.24. The van der Waals surface area contributed by atoms with Gasteiger partial charge >= 0.3 is 29.6 Å². The number of hydrogen-bond donors (Lipinski definition) is 1. The van der Waals surface area contributed by atoms with Gasteiger partial charge in [-0.2, -0.15) is 0 Å². The zero-order valence-electron chi connectivity index (χ0n) is 8.90. The fourth-order valence-corrected chi connectivity index (χ4v) is 2.22. The second kappa shape index (κ2) is 9.12. The summed E-state index contributed by atoms with van der Waals surface area (Å²) in [5, 5.41) is 7.72. The largest absolute Gasteiger partial charge is 1.00 e. The number of unbranched alkanes of at least 4 members (excludes halogenated alkanes) is 1. The average molecular weight is 232 g/mol. The first-order valence-corrected chi connectivity index (χ1v) is 6.05. The quantitative estimate of drug-likeness (QED) is 0.309. The normalized spacial score (nSPS) is 13.4. The molecule has 0 fully saturated rings. The summed E-state index contributed by atoms with van der Waals surface area (Å²) in [4.78, 5) is 0. The van der Waals surface area contributed by atoms with Gasteiger partial charge in [-0.05, 0) is 25.7 Å². The monoisotopic (exact) mass is 232 g/mol. The van der Waals surface area contributed by atoms with E-state index < -0.39 is 15.4 Å². The second-order valence-electron chi connectivity index (χ2n) is 3.12. The summed E-state index contributed by atoms with van der Waals surface area (Å²) in [5.41, 5.74) is 0. The first-order valence-electron chi connectivity index (χ1n) is 4.58. The van der Waals surface area contributed by atoms with E-state index in [-0.39, 0.29) is 36.2 Å². The Hall–Kier alpha value is 0.870. The molecule has 0 amide bonds. The summed E-state index contributed by atoms with van der Waals surface area (Å²) < 4.78 is 32.1. The molecule has 0 saturated heterocycles. The molecule has 1 N–H and O–H groups in total. The maximum Gasteiger partial charge on any atom is 1.00 e. The smallest absolute Gasteiger partial charge is 0.748 e. The van der Waals surface area contributed by atoms with Gasteiger partial charge in [-0.25, -0.2) is 8.42 Å². The van der Waals surface area contributed by atoms with Crippen LogP contribution in [0.15, 0.2) is 0 Å². The van der Waals surface area contributed by atoms with Gasteiger partial charge in [-0.1, -0.05) is 13.3 Å². The average Bonchev–Trinajstić information content (AvgIpc) is 2.01. The first-order chi connectivity index (χ1) is 6.02. The van der Waals surface area contributed by atoms with E-state index in [0.717, 1.165) is 0 Å². The third-order valence-electron chi connectivity index (χ3n) is 1.95. The molecule has 1 atom stereocenters. The molecule has 80 valence electrons. The van der Waals surface area contributed by atoms with E-state index in [1.807, 2.05) is 6.92 Å². The Labute approximate surface area is 108 Å². The molecular weight excluding hydrogens is 215 g/mol. The van der Waals surface area contributed by atoms with Crippen LogP contribution in [0.2, 0.25) is 0 Å². The Kier molecular flexibility index (Phi) is 11.3. The number of aliphatic hydroxyl groups excluding tert-OH is 1. The summed E-state index contributed by atoms with van der Waals surface area (Å²) in [6.07, 6.45) is 2.67. The summed E-state index contributed by atoms with van der Waals surface area (Å²) in [6, 6.07) is 0. The SMILES string of the molecule is CCCC(CCCCO)S(=O)(=O)[O-].[Na+]. The van der Waals surface area contributed by atoms with E-state index in [1.165, 1.54) is 0 Å². The number of aliphatic hydroxyl groups is 1. The Morgan fingerprint density at radius 1 is 1.29 bits per heavy atom. The Morgan fingerprint density at radius 3 is 2.21 bits per heavy atom. The summed E-state index contributed by atoms with van der Waals surface area (Å²) in [6.45, 7) is 1.90. The van der Waals surface area contributed by atoms with E-state index in [1.54, 1.807) is 0 Å². The van der Waals surface area contributed by atoms with Gasteiger partial charge < -0.3 is 9.66 Å². The van der Waals surface area contributed by atoms with E-state index in [2.05, 4.69) is 0 Å². The van der Waals surface area contributed by atoms with Crippen molar-refractivity contribution < 1.29 is 47.6 Å². The van der Waals surface area contributed by atoms with Crippen LogP contribution in [0, 0.1) is 0 Å². The summed E-state index contributed by atoms with van der Waals surface area (Å²) in [5.74, 6) is 0. The van der Waals surface area contributed by atoms with Crippen molar-refractivity contribution in [3.05, 3.63) is 0 Å². The Bertz CT molecular complexity index is 215. The third-order valence-corrected chi connectivity index (χ3v) is 3.24. The van der Waals surface area contributed by atoms with Crippen LogP contribution >= 0.6 is 0 Å². The topological polar surface area (TPSA) is 77.4 Å². The van der Waals surface area contributed by atoms with E-state index in [9.17, 15) is 13.0 Å². The molecule has 0 aromatic carbocycles. The van der Waals surface area contributed by atoms with E-state index in [0.29, 0.717) is 32.1 Å². The van der Waals surface area contributed by atoms with Crippen LogP contribution in [0.1, 0.15) is 39.0 Å². The molecule has 0 aliphatic rings. The van der Waals surface area contributed by atoms with Gasteiger partial charge in [0.1, 0.15) is 0 Å². The molecule has 0 saturated carbocycles. The molecule has 0 aromatic heterocycles. The van der Waals surface area contributed by atoms with Crippen molar-refractivity contribution in [1.29, 1.82) is 0 Å². The predicted molar refractivity (Wildman–Crippen MR) is 49.3 cm³/mol. The number of hydrogen-bond acceptors (Lipinski definition) is 4. The minimum Gasteiger partial charge on any atom is -0.748 e. The molecule has 0 spiro atoms. The van der Waals surface area contributed by atoms with Crippen LogP contribution < -0.4 is 29.6 Å². The zero-order valence-corrected chi connectivity index (χ0v) is 11.7. The molecule has 0 aliphatic carbocycles. The van der Waals surface area contributed by atoms with Gasteiger partial charge in [0.15, 0.2) is 0 Å². The van der Waals surface area contributed by atoms with Crippen molar-refractivity contribution in [3.63, 3.8) is 0 Å². The molecule has 0 rings (SSSR count). The molecule has 0 heterocycles. The van der Waals surface area contributed by atoms with Crippen molar-refractivity contribution in [2.24, 2.45) is 0 Å². The zero-order chi connectivity index (χ0) is 10.3. The van der Waals surface area contributed by atoms with Gasteiger partial charge in [-0.15, -0.1) is 0 Å². The standard InChI is InChI=1S/C8H18O4S.Na/c1-2-5-8(13(10,11)12)6-3-4-7-9;/h8-9H,2-7H2,1H3,(H,10,11,12);/q;+1/p-1. The van der Waals surface area contributed by atoms with Crippen molar-refractivity contribution in [2.75, 3.05) is 6.61 Å². The molecule has 6 heteroatoms. The van der Waals surface area contributed by atoms with Crippen LogP contribution in [0.25, 0.3) is 0 Å². The summed E-state index contributed by atoms with van der Waals surface area (Å²) >= 11 is 0. The molecule has 4 nitrogen and oxygen atoms in total. The first kappa shape index (κ1) is 17.3. The van der Waals surface area contributed by atoms with Crippen LogP contribution in [0.4, 0.5) is 0 Å². The number of rotatable bonds is 7. The molecule has 0 bridgehead atoms. The minimum atomic E-state index is -4.14. The fraction of sp³-hybridized carbons (Fsp3) is 1.00. The van der Waals surface area contributed by atoms with Crippen molar-refractivity contribution in [1.82, 2.24) is 0 Å².